The molecule has 0 amide bonds. The van der Waals surface area contributed by atoms with Crippen LogP contribution in [-0.4, -0.2) is 7.11 Å². The Morgan fingerprint density at radius 1 is 1.45 bits per heavy atom. The van der Waals surface area contributed by atoms with Gasteiger partial charge in [-0.15, -0.1) is 0 Å². The molecule has 60 valence electrons. The van der Waals surface area contributed by atoms with Gasteiger partial charge >= 0.3 is 0 Å². The molecule has 1 nitrogen and oxygen atoms in total. The Kier molecular flexibility index (Phi) is 2.94. The van der Waals surface area contributed by atoms with Crippen molar-refractivity contribution in [2.75, 3.05) is 7.11 Å². The predicted octanol–water partition coefficient (Wildman–Crippen LogP) is 3.02. The zero-order valence-electron chi connectivity index (χ0n) is 6.73. The molecule has 11 heavy (non-hydrogen) atoms. The van der Waals surface area contributed by atoms with Gasteiger partial charge in [-0.2, -0.15) is 0 Å². The smallest absolute Gasteiger partial charge is 0.122 e. The van der Waals surface area contributed by atoms with Gasteiger partial charge in [0.2, 0.25) is 0 Å². The Bertz CT molecular complexity index is 245. The lowest BCUT2D eigenvalue weighted by atomic mass is 10.1. The van der Waals surface area contributed by atoms with Crippen LogP contribution in [0.15, 0.2) is 22.7 Å². The van der Waals surface area contributed by atoms with E-state index in [1.807, 2.05) is 12.1 Å². The van der Waals surface area contributed by atoms with E-state index >= 15 is 0 Å². The maximum Gasteiger partial charge on any atom is 0.122 e. The summed E-state index contributed by atoms with van der Waals surface area (Å²) >= 11 is 3.41. The van der Waals surface area contributed by atoms with E-state index in [0.29, 0.717) is 0 Å². The van der Waals surface area contributed by atoms with Crippen LogP contribution in [0.2, 0.25) is 0 Å². The highest BCUT2D eigenvalue weighted by atomic mass is 79.9. The van der Waals surface area contributed by atoms with Crippen molar-refractivity contribution in [3.8, 4) is 5.75 Å². The molecule has 0 heterocycles. The molecule has 0 atom stereocenters. The third-order valence-corrected chi connectivity index (χ3v) is 2.12. The molecule has 0 aliphatic rings. The minimum absolute atomic E-state index is 0.968. The molecule has 0 bridgehead atoms. The van der Waals surface area contributed by atoms with Crippen LogP contribution in [0.5, 0.6) is 5.75 Å². The summed E-state index contributed by atoms with van der Waals surface area (Å²) < 4.78 is 6.28. The Labute approximate surface area is 75.5 Å². The van der Waals surface area contributed by atoms with Crippen molar-refractivity contribution in [2.24, 2.45) is 0 Å². The average molecular weight is 215 g/mol. The van der Waals surface area contributed by atoms with Gasteiger partial charge in [0.1, 0.15) is 5.75 Å². The standard InChI is InChI=1S/C9H11BrO/c1-3-7-6-8(10)4-5-9(7)11-2/h4-6H,3H2,1-2H3. The van der Waals surface area contributed by atoms with Crippen LogP contribution in [0.25, 0.3) is 0 Å². The molecule has 1 aromatic rings. The molecule has 1 aromatic carbocycles. The van der Waals surface area contributed by atoms with Gasteiger partial charge in [0.25, 0.3) is 0 Å². The van der Waals surface area contributed by atoms with Crippen molar-refractivity contribution in [2.45, 2.75) is 13.3 Å². The largest absolute Gasteiger partial charge is 0.496 e. The van der Waals surface area contributed by atoms with E-state index in [1.54, 1.807) is 7.11 Å². The summed E-state index contributed by atoms with van der Waals surface area (Å²) in [6.45, 7) is 2.12. The van der Waals surface area contributed by atoms with E-state index in [-0.39, 0.29) is 0 Å². The molecular weight excluding hydrogens is 204 g/mol. The van der Waals surface area contributed by atoms with Crippen molar-refractivity contribution in [1.29, 1.82) is 0 Å². The summed E-state index contributed by atoms with van der Waals surface area (Å²) in [7, 11) is 1.70. The second-order valence-electron chi connectivity index (χ2n) is 2.31. The molecule has 0 radical (unpaired) electrons. The second kappa shape index (κ2) is 3.77. The van der Waals surface area contributed by atoms with Crippen LogP contribution in [0, 0.1) is 0 Å². The maximum atomic E-state index is 5.17. The molecule has 0 saturated carbocycles. The van der Waals surface area contributed by atoms with Gasteiger partial charge in [0, 0.05) is 4.47 Å². The lowest BCUT2D eigenvalue weighted by Crippen LogP contribution is -1.89. The molecule has 1 rings (SSSR count). The Hall–Kier alpha value is -0.500. The third-order valence-electron chi connectivity index (χ3n) is 1.62. The normalized spacial score (nSPS) is 9.73. The summed E-state index contributed by atoms with van der Waals surface area (Å²) in [5.74, 6) is 0.968. The quantitative estimate of drug-likeness (QED) is 0.736. The minimum atomic E-state index is 0.968. The molecule has 0 aliphatic heterocycles. The van der Waals surface area contributed by atoms with E-state index in [4.69, 9.17) is 4.74 Å². The summed E-state index contributed by atoms with van der Waals surface area (Å²) in [6, 6.07) is 6.04. The van der Waals surface area contributed by atoms with Crippen molar-refractivity contribution >= 4 is 15.9 Å². The first-order valence-corrected chi connectivity index (χ1v) is 4.39. The number of halogens is 1. The fourth-order valence-electron chi connectivity index (χ4n) is 1.02. The Balaban J connectivity index is 3.06. The average Bonchev–Trinajstić information content (AvgIpc) is 2.04. The first-order chi connectivity index (χ1) is 5.27. The number of ether oxygens (including phenoxy) is 1. The minimum Gasteiger partial charge on any atom is -0.496 e. The zero-order chi connectivity index (χ0) is 8.27. The van der Waals surface area contributed by atoms with E-state index in [1.165, 1.54) is 5.56 Å². The fraction of sp³-hybridized carbons (Fsp3) is 0.333. The Morgan fingerprint density at radius 3 is 2.73 bits per heavy atom. The molecule has 0 spiro atoms. The molecule has 0 unspecified atom stereocenters. The highest BCUT2D eigenvalue weighted by molar-refractivity contribution is 9.10. The van der Waals surface area contributed by atoms with Gasteiger partial charge < -0.3 is 4.74 Å². The van der Waals surface area contributed by atoms with Crippen molar-refractivity contribution in [3.05, 3.63) is 28.2 Å². The Morgan fingerprint density at radius 2 is 2.18 bits per heavy atom. The summed E-state index contributed by atoms with van der Waals surface area (Å²) in [6.07, 6.45) is 1.00. The number of hydrogen-bond acceptors (Lipinski definition) is 1. The number of hydrogen-bond donors (Lipinski definition) is 0. The zero-order valence-corrected chi connectivity index (χ0v) is 8.31. The monoisotopic (exact) mass is 214 g/mol. The molecule has 0 N–H and O–H groups in total. The predicted molar refractivity (Wildman–Crippen MR) is 50.1 cm³/mol. The number of aryl methyl sites for hydroxylation is 1. The summed E-state index contributed by atoms with van der Waals surface area (Å²) in [5.41, 5.74) is 1.24. The van der Waals surface area contributed by atoms with Crippen molar-refractivity contribution in [3.63, 3.8) is 0 Å². The van der Waals surface area contributed by atoms with Crippen molar-refractivity contribution < 1.29 is 4.74 Å². The van der Waals surface area contributed by atoms with Crippen molar-refractivity contribution in [1.82, 2.24) is 0 Å². The number of rotatable bonds is 2. The van der Waals surface area contributed by atoms with E-state index in [0.717, 1.165) is 16.6 Å². The van der Waals surface area contributed by atoms with Crippen LogP contribution in [0.4, 0.5) is 0 Å². The van der Waals surface area contributed by atoms with Gasteiger partial charge in [-0.3, -0.25) is 0 Å². The number of benzene rings is 1. The second-order valence-corrected chi connectivity index (χ2v) is 3.23. The lowest BCUT2D eigenvalue weighted by Gasteiger charge is -2.05. The van der Waals surface area contributed by atoms with E-state index in [2.05, 4.69) is 28.9 Å². The SMILES string of the molecule is CCc1cc(Br)ccc1OC. The van der Waals surface area contributed by atoms with Gasteiger partial charge in [0.15, 0.2) is 0 Å². The fourth-order valence-corrected chi connectivity index (χ4v) is 1.43. The van der Waals surface area contributed by atoms with Crippen LogP contribution < -0.4 is 4.74 Å². The van der Waals surface area contributed by atoms with Gasteiger partial charge in [-0.05, 0) is 30.2 Å². The van der Waals surface area contributed by atoms with E-state index < -0.39 is 0 Å². The molecule has 0 aromatic heterocycles. The van der Waals surface area contributed by atoms with Gasteiger partial charge in [-0.1, -0.05) is 22.9 Å². The van der Waals surface area contributed by atoms with Crippen LogP contribution in [-0.2, 0) is 6.42 Å². The lowest BCUT2D eigenvalue weighted by molar-refractivity contribution is 0.410. The van der Waals surface area contributed by atoms with Crippen LogP contribution in [0.3, 0.4) is 0 Å². The molecule has 0 fully saturated rings. The molecule has 0 aliphatic carbocycles. The topological polar surface area (TPSA) is 9.23 Å². The summed E-state index contributed by atoms with van der Waals surface area (Å²) in [4.78, 5) is 0. The summed E-state index contributed by atoms with van der Waals surface area (Å²) in [5, 5.41) is 0. The molecule has 0 saturated heterocycles. The maximum absolute atomic E-state index is 5.17. The first kappa shape index (κ1) is 8.60. The van der Waals surface area contributed by atoms with Gasteiger partial charge in [0.05, 0.1) is 7.11 Å². The van der Waals surface area contributed by atoms with Crippen LogP contribution in [0.1, 0.15) is 12.5 Å². The van der Waals surface area contributed by atoms with E-state index in [9.17, 15) is 0 Å². The highest BCUT2D eigenvalue weighted by Gasteiger charge is 1.99. The number of methoxy groups -OCH3 is 1. The third kappa shape index (κ3) is 1.96. The highest BCUT2D eigenvalue weighted by Crippen LogP contribution is 2.22. The molecular formula is C9H11BrO. The van der Waals surface area contributed by atoms with Crippen LogP contribution >= 0.6 is 15.9 Å². The molecule has 2 heteroatoms. The van der Waals surface area contributed by atoms with Gasteiger partial charge in [-0.25, -0.2) is 0 Å². The first-order valence-electron chi connectivity index (χ1n) is 3.60.